The minimum Gasteiger partial charge on any atom is -0.444 e. The lowest BCUT2D eigenvalue weighted by atomic mass is 9.95. The van der Waals surface area contributed by atoms with Crippen LogP contribution in [-0.2, 0) is 14.3 Å². The number of hydrogen-bond donors (Lipinski definition) is 2. The Balaban J connectivity index is 2.51. The molecule has 36 heavy (non-hydrogen) atoms. The summed E-state index contributed by atoms with van der Waals surface area (Å²) in [7, 11) is 0. The third kappa shape index (κ3) is 7.34. The predicted molar refractivity (Wildman–Crippen MR) is 144 cm³/mol. The van der Waals surface area contributed by atoms with Crippen LogP contribution in [0.4, 0.5) is 10.5 Å². The summed E-state index contributed by atoms with van der Waals surface area (Å²) in [4.78, 5) is 41.2. The molecule has 0 bridgehead atoms. The molecule has 0 aliphatic carbocycles. The lowest BCUT2D eigenvalue weighted by Crippen LogP contribution is -2.51. The maximum Gasteiger partial charge on any atom is 0.408 e. The number of rotatable bonds is 8. The molecule has 2 unspecified atom stereocenters. The van der Waals surface area contributed by atoms with Gasteiger partial charge in [-0.05, 0) is 76.8 Å². The predicted octanol–water partition coefficient (Wildman–Crippen LogP) is 5.87. The lowest BCUT2D eigenvalue weighted by Gasteiger charge is -2.34. The molecule has 0 radical (unpaired) electrons. The quantitative estimate of drug-likeness (QED) is 0.432. The smallest absolute Gasteiger partial charge is 0.408 e. The zero-order valence-corrected chi connectivity index (χ0v) is 22.8. The molecular formula is C28H36ClN3O4. The number of para-hydroxylation sites is 1. The molecule has 194 valence electrons. The van der Waals surface area contributed by atoms with Crippen LogP contribution in [0, 0.1) is 20.8 Å². The first kappa shape index (κ1) is 28.9. The number of carbonyl (C=O) groups is 3. The van der Waals surface area contributed by atoms with Crippen molar-refractivity contribution in [3.8, 4) is 0 Å². The second-order valence-electron chi connectivity index (χ2n) is 9.76. The maximum absolute atomic E-state index is 13.8. The highest BCUT2D eigenvalue weighted by Crippen LogP contribution is 2.31. The third-order valence-corrected chi connectivity index (χ3v) is 6.00. The van der Waals surface area contributed by atoms with Crippen molar-refractivity contribution in [2.24, 2.45) is 0 Å². The van der Waals surface area contributed by atoms with Crippen LogP contribution in [0.25, 0.3) is 0 Å². The number of halogens is 1. The molecular weight excluding hydrogens is 478 g/mol. The monoisotopic (exact) mass is 513 g/mol. The van der Waals surface area contributed by atoms with Crippen molar-refractivity contribution in [1.82, 2.24) is 10.2 Å². The van der Waals surface area contributed by atoms with E-state index in [4.69, 9.17) is 16.3 Å². The summed E-state index contributed by atoms with van der Waals surface area (Å²) in [5.41, 5.74) is 3.06. The average Bonchev–Trinajstić information content (AvgIpc) is 2.77. The van der Waals surface area contributed by atoms with Gasteiger partial charge in [-0.2, -0.15) is 0 Å². The van der Waals surface area contributed by atoms with Crippen molar-refractivity contribution in [2.75, 3.05) is 11.9 Å². The molecule has 8 heteroatoms. The van der Waals surface area contributed by atoms with Crippen LogP contribution in [0.1, 0.15) is 56.0 Å². The Morgan fingerprint density at radius 1 is 1.08 bits per heavy atom. The molecule has 2 aromatic rings. The summed E-state index contributed by atoms with van der Waals surface area (Å²) in [6.07, 6.45) is 0.825. The minimum absolute atomic E-state index is 0.0755. The van der Waals surface area contributed by atoms with Gasteiger partial charge in [0.2, 0.25) is 5.91 Å². The molecule has 2 atom stereocenters. The van der Waals surface area contributed by atoms with Crippen LogP contribution in [0.5, 0.6) is 0 Å². The van der Waals surface area contributed by atoms with Crippen molar-refractivity contribution >= 4 is 35.2 Å². The van der Waals surface area contributed by atoms with E-state index >= 15 is 0 Å². The number of carbonyl (C=O) groups excluding carboxylic acids is 3. The van der Waals surface area contributed by atoms with E-state index in [1.165, 1.54) is 4.90 Å². The molecule has 0 heterocycles. The SMILES string of the molecule is C=CCN(C(=O)C(C)NC(=O)OC(C)(C)C)C(C(=O)Nc1c(C)cccc1Cl)c1cccc(C)c1C. The van der Waals surface area contributed by atoms with Crippen molar-refractivity contribution in [3.05, 3.63) is 76.3 Å². The summed E-state index contributed by atoms with van der Waals surface area (Å²) in [6, 6.07) is 8.98. The first-order chi connectivity index (χ1) is 16.8. The van der Waals surface area contributed by atoms with Gasteiger partial charge < -0.3 is 20.3 Å². The Morgan fingerprint density at radius 3 is 2.28 bits per heavy atom. The number of amides is 3. The first-order valence-corrected chi connectivity index (χ1v) is 12.2. The van der Waals surface area contributed by atoms with Gasteiger partial charge in [0, 0.05) is 6.54 Å². The lowest BCUT2D eigenvalue weighted by molar-refractivity contribution is -0.139. The summed E-state index contributed by atoms with van der Waals surface area (Å²) < 4.78 is 5.30. The van der Waals surface area contributed by atoms with Gasteiger partial charge in [0.15, 0.2) is 0 Å². The number of benzene rings is 2. The van der Waals surface area contributed by atoms with E-state index in [1.807, 2.05) is 45.0 Å². The van der Waals surface area contributed by atoms with Crippen LogP contribution in [0.3, 0.4) is 0 Å². The van der Waals surface area contributed by atoms with E-state index in [0.717, 1.165) is 16.7 Å². The molecule has 0 aliphatic heterocycles. The summed E-state index contributed by atoms with van der Waals surface area (Å²) in [5.74, 6) is -0.891. The fourth-order valence-electron chi connectivity index (χ4n) is 3.76. The van der Waals surface area contributed by atoms with E-state index in [2.05, 4.69) is 17.2 Å². The highest BCUT2D eigenvalue weighted by molar-refractivity contribution is 6.34. The van der Waals surface area contributed by atoms with Crippen LogP contribution in [0.15, 0.2) is 49.1 Å². The molecule has 0 aliphatic rings. The van der Waals surface area contributed by atoms with Gasteiger partial charge in [-0.25, -0.2) is 4.79 Å². The number of alkyl carbamates (subject to hydrolysis) is 1. The average molecular weight is 514 g/mol. The number of anilines is 1. The van der Waals surface area contributed by atoms with Crippen molar-refractivity contribution < 1.29 is 19.1 Å². The van der Waals surface area contributed by atoms with Crippen LogP contribution in [0.2, 0.25) is 5.02 Å². The molecule has 0 fully saturated rings. The van der Waals surface area contributed by atoms with Crippen molar-refractivity contribution in [1.29, 1.82) is 0 Å². The second kappa shape index (κ2) is 12.1. The molecule has 2 rings (SSSR count). The van der Waals surface area contributed by atoms with Gasteiger partial charge >= 0.3 is 6.09 Å². The van der Waals surface area contributed by atoms with Gasteiger partial charge in [-0.1, -0.05) is 48.0 Å². The first-order valence-electron chi connectivity index (χ1n) is 11.8. The van der Waals surface area contributed by atoms with Gasteiger partial charge in [0.1, 0.15) is 17.7 Å². The molecule has 2 aromatic carbocycles. The molecule has 2 N–H and O–H groups in total. The maximum atomic E-state index is 13.8. The normalized spacial score (nSPS) is 12.8. The van der Waals surface area contributed by atoms with Gasteiger partial charge in [-0.3, -0.25) is 9.59 Å². The Hall–Kier alpha value is -3.32. The third-order valence-electron chi connectivity index (χ3n) is 5.68. The topological polar surface area (TPSA) is 87.7 Å². The Kier molecular flexibility index (Phi) is 9.70. The highest BCUT2D eigenvalue weighted by atomic mass is 35.5. The van der Waals surface area contributed by atoms with Gasteiger partial charge in [0.05, 0.1) is 10.7 Å². The number of nitrogens with one attached hydrogen (secondary N) is 2. The van der Waals surface area contributed by atoms with E-state index in [9.17, 15) is 14.4 Å². The minimum atomic E-state index is -1.01. The van der Waals surface area contributed by atoms with Crippen LogP contribution < -0.4 is 10.6 Å². The molecule has 0 spiro atoms. The summed E-state index contributed by atoms with van der Waals surface area (Å²) in [6.45, 7) is 16.3. The van der Waals surface area contributed by atoms with Crippen molar-refractivity contribution in [3.63, 3.8) is 0 Å². The number of aryl methyl sites for hydroxylation is 2. The molecule has 0 aromatic heterocycles. The Morgan fingerprint density at radius 2 is 1.69 bits per heavy atom. The van der Waals surface area contributed by atoms with Gasteiger partial charge in [0.25, 0.3) is 5.91 Å². The van der Waals surface area contributed by atoms with Crippen molar-refractivity contribution in [2.45, 2.75) is 66.2 Å². The number of nitrogens with zero attached hydrogens (tertiary/aromatic N) is 1. The molecule has 0 saturated carbocycles. The molecule has 7 nitrogen and oxygen atoms in total. The Bertz CT molecular complexity index is 1120. The number of ether oxygens (including phenoxy) is 1. The number of hydrogen-bond acceptors (Lipinski definition) is 4. The molecule has 0 saturated heterocycles. The van der Waals surface area contributed by atoms with Gasteiger partial charge in [-0.15, -0.1) is 6.58 Å². The van der Waals surface area contributed by atoms with Crippen LogP contribution >= 0.6 is 11.6 Å². The highest BCUT2D eigenvalue weighted by Gasteiger charge is 2.35. The summed E-state index contributed by atoms with van der Waals surface area (Å²) in [5, 5.41) is 5.89. The second-order valence-corrected chi connectivity index (χ2v) is 10.2. The standard InChI is InChI=1S/C28H36ClN3O4/c1-9-16-32(26(34)20(5)30-27(35)36-28(6,7)8)24(21-14-10-12-17(2)19(21)4)25(33)31-23-18(3)13-11-15-22(23)29/h9-15,20,24H,1,16H2,2-8H3,(H,30,35)(H,31,33). The fourth-order valence-corrected chi connectivity index (χ4v) is 4.03. The van der Waals surface area contributed by atoms with E-state index < -0.39 is 35.6 Å². The van der Waals surface area contributed by atoms with E-state index in [0.29, 0.717) is 16.3 Å². The zero-order valence-electron chi connectivity index (χ0n) is 22.1. The molecule has 3 amide bonds. The largest absolute Gasteiger partial charge is 0.444 e. The van der Waals surface area contributed by atoms with E-state index in [1.54, 1.807) is 45.9 Å². The van der Waals surface area contributed by atoms with E-state index in [-0.39, 0.29) is 6.54 Å². The fraction of sp³-hybridized carbons (Fsp3) is 0.393. The van der Waals surface area contributed by atoms with Crippen LogP contribution in [-0.4, -0.2) is 41.0 Å². The zero-order chi connectivity index (χ0) is 27.2. The summed E-state index contributed by atoms with van der Waals surface area (Å²) >= 11 is 6.37. The Labute approximate surface area is 218 Å².